The van der Waals surface area contributed by atoms with Gasteiger partial charge in [0.05, 0.1) is 0 Å². The maximum absolute atomic E-state index is 14.6. The average molecular weight is 392 g/mol. The molecule has 0 heterocycles. The zero-order valence-corrected chi connectivity index (χ0v) is 18.6. The van der Waals surface area contributed by atoms with Crippen molar-refractivity contribution in [3.05, 3.63) is 87.8 Å². The lowest BCUT2D eigenvalue weighted by molar-refractivity contribution is 0.107. The van der Waals surface area contributed by atoms with Crippen LogP contribution in [0.15, 0.2) is 65.5 Å². The summed E-state index contributed by atoms with van der Waals surface area (Å²) in [5, 5.41) is 1.31. The Labute approximate surface area is 168 Å². The van der Waals surface area contributed by atoms with Gasteiger partial charge < -0.3 is 4.57 Å². The van der Waals surface area contributed by atoms with Crippen molar-refractivity contribution < 1.29 is 9.36 Å². The quantitative estimate of drug-likeness (QED) is 0.543. The van der Waals surface area contributed by atoms with Gasteiger partial charge in [-0.3, -0.25) is 4.79 Å². The molecule has 3 rings (SSSR count). The second kappa shape index (κ2) is 7.33. The summed E-state index contributed by atoms with van der Waals surface area (Å²) in [6.07, 6.45) is 4.82. The molecule has 146 valence electrons. The topological polar surface area (TPSA) is 34.1 Å². The molecule has 0 radical (unpaired) electrons. The Kier molecular flexibility index (Phi) is 5.38. The third kappa shape index (κ3) is 3.59. The Morgan fingerprint density at radius 2 is 1.54 bits per heavy atom. The first-order valence-corrected chi connectivity index (χ1v) is 11.4. The summed E-state index contributed by atoms with van der Waals surface area (Å²) in [5.41, 5.74) is 4.26. The van der Waals surface area contributed by atoms with E-state index in [-0.39, 0.29) is 10.9 Å². The molecule has 0 spiro atoms. The number of aryl methyl sites for hydroxylation is 3. The fourth-order valence-corrected chi connectivity index (χ4v) is 7.22. The van der Waals surface area contributed by atoms with E-state index in [0.717, 1.165) is 28.7 Å². The molecule has 28 heavy (non-hydrogen) atoms. The Morgan fingerprint density at radius 1 is 0.964 bits per heavy atom. The van der Waals surface area contributed by atoms with Crippen LogP contribution in [0.25, 0.3) is 0 Å². The lowest BCUT2D eigenvalue weighted by Gasteiger charge is -2.30. The molecule has 0 saturated heterocycles. The first-order chi connectivity index (χ1) is 13.1. The summed E-state index contributed by atoms with van der Waals surface area (Å²) in [6.45, 7) is 12.2. The van der Waals surface area contributed by atoms with E-state index in [1.54, 1.807) is 0 Å². The van der Waals surface area contributed by atoms with Crippen LogP contribution < -0.4 is 5.30 Å². The maximum Gasteiger partial charge on any atom is 0.230 e. The smallest absolute Gasteiger partial charge is 0.230 e. The highest BCUT2D eigenvalue weighted by molar-refractivity contribution is 7.91. The molecule has 1 aliphatic rings. The molecule has 1 unspecified atom stereocenters. The molecule has 0 N–H and O–H groups in total. The van der Waals surface area contributed by atoms with Crippen molar-refractivity contribution in [3.63, 3.8) is 0 Å². The molecule has 1 aliphatic carbocycles. The summed E-state index contributed by atoms with van der Waals surface area (Å²) in [5.74, 6) is 0. The standard InChI is InChI=1S/C25H29O2P/c1-17-14-18(2)23(19(3)15-17)24(26)28(27,21-10-8-7-9-11-21)22-12-13-25(5,6)16-20(22)4/h7-15H,16H2,1-6H3. The van der Waals surface area contributed by atoms with Gasteiger partial charge in [0.2, 0.25) is 12.7 Å². The van der Waals surface area contributed by atoms with Crippen LogP contribution in [0.5, 0.6) is 0 Å². The number of benzene rings is 2. The van der Waals surface area contributed by atoms with Gasteiger partial charge >= 0.3 is 0 Å². The molecule has 2 aromatic carbocycles. The van der Waals surface area contributed by atoms with Gasteiger partial charge in [-0.25, -0.2) is 0 Å². The fourth-order valence-electron chi connectivity index (χ4n) is 4.33. The van der Waals surface area contributed by atoms with Crippen LogP contribution in [0.1, 0.15) is 54.2 Å². The third-order valence-corrected chi connectivity index (χ3v) is 8.52. The molecular formula is C25H29O2P. The Hall–Kier alpha value is -2.18. The molecule has 0 fully saturated rings. The van der Waals surface area contributed by atoms with Gasteiger partial charge in [-0.05, 0) is 50.7 Å². The van der Waals surface area contributed by atoms with Crippen LogP contribution in [-0.2, 0) is 4.57 Å². The van der Waals surface area contributed by atoms with E-state index in [0.29, 0.717) is 16.2 Å². The van der Waals surface area contributed by atoms with Crippen LogP contribution in [0, 0.1) is 26.2 Å². The molecule has 0 aliphatic heterocycles. The lowest BCUT2D eigenvalue weighted by Crippen LogP contribution is -2.20. The predicted octanol–water partition coefficient (Wildman–Crippen LogP) is 6.70. The Bertz CT molecular complexity index is 1020. The highest BCUT2D eigenvalue weighted by Gasteiger charge is 2.41. The minimum absolute atomic E-state index is 0.00778. The van der Waals surface area contributed by atoms with Crippen molar-refractivity contribution in [3.8, 4) is 0 Å². The molecular weight excluding hydrogens is 363 g/mol. The lowest BCUT2D eigenvalue weighted by atomic mass is 9.82. The van der Waals surface area contributed by atoms with E-state index in [9.17, 15) is 9.36 Å². The van der Waals surface area contributed by atoms with E-state index in [1.807, 2.05) is 76.2 Å². The molecule has 1 atom stereocenters. The monoisotopic (exact) mass is 392 g/mol. The van der Waals surface area contributed by atoms with Crippen molar-refractivity contribution in [2.45, 2.75) is 48.0 Å². The maximum atomic E-state index is 14.6. The summed E-state index contributed by atoms with van der Waals surface area (Å²) in [4.78, 5) is 13.9. The second-order valence-electron chi connectivity index (χ2n) is 8.69. The molecule has 0 saturated carbocycles. The zero-order valence-electron chi connectivity index (χ0n) is 17.7. The van der Waals surface area contributed by atoms with Crippen molar-refractivity contribution in [1.82, 2.24) is 0 Å². The van der Waals surface area contributed by atoms with Gasteiger partial charge in [0.25, 0.3) is 0 Å². The van der Waals surface area contributed by atoms with Gasteiger partial charge in [-0.15, -0.1) is 0 Å². The van der Waals surface area contributed by atoms with Crippen LogP contribution in [0.3, 0.4) is 0 Å². The number of hydrogen-bond acceptors (Lipinski definition) is 2. The Morgan fingerprint density at radius 3 is 2.07 bits per heavy atom. The van der Waals surface area contributed by atoms with E-state index >= 15 is 0 Å². The molecule has 0 amide bonds. The highest BCUT2D eigenvalue weighted by atomic mass is 31.2. The molecule has 3 heteroatoms. The number of carbonyl (C=O) groups is 1. The van der Waals surface area contributed by atoms with Gasteiger partial charge in [0, 0.05) is 16.2 Å². The van der Waals surface area contributed by atoms with Crippen LogP contribution in [0.4, 0.5) is 0 Å². The molecule has 0 bridgehead atoms. The van der Waals surface area contributed by atoms with Crippen molar-refractivity contribution in [1.29, 1.82) is 0 Å². The van der Waals surface area contributed by atoms with E-state index in [1.165, 1.54) is 0 Å². The largest absolute Gasteiger partial charge is 0.305 e. The zero-order chi connectivity index (χ0) is 20.7. The normalized spacial score (nSPS) is 18.1. The minimum Gasteiger partial charge on any atom is -0.305 e. The SMILES string of the molecule is CC1=C(P(=O)(C(=O)c2c(C)cc(C)cc2C)c2ccccc2)C=CC(C)(C)C1. The Balaban J connectivity index is 2.27. The number of rotatable bonds is 4. The van der Waals surface area contributed by atoms with E-state index in [2.05, 4.69) is 19.9 Å². The number of hydrogen-bond donors (Lipinski definition) is 0. The second-order valence-corrected chi connectivity index (χ2v) is 11.3. The predicted molar refractivity (Wildman–Crippen MR) is 119 cm³/mol. The van der Waals surface area contributed by atoms with Gasteiger partial charge in [-0.1, -0.05) is 79.6 Å². The first-order valence-electron chi connectivity index (χ1n) is 9.74. The summed E-state index contributed by atoms with van der Waals surface area (Å²) in [6, 6.07) is 13.2. The van der Waals surface area contributed by atoms with Gasteiger partial charge in [-0.2, -0.15) is 0 Å². The molecule has 2 nitrogen and oxygen atoms in total. The van der Waals surface area contributed by atoms with Gasteiger partial charge in [0.15, 0.2) is 0 Å². The van der Waals surface area contributed by atoms with Crippen molar-refractivity contribution in [2.75, 3.05) is 0 Å². The van der Waals surface area contributed by atoms with Gasteiger partial charge in [0.1, 0.15) is 0 Å². The van der Waals surface area contributed by atoms with Crippen molar-refractivity contribution in [2.24, 2.45) is 5.41 Å². The number of allylic oxidation sites excluding steroid dienone is 4. The first kappa shape index (κ1) is 20.6. The molecule has 0 aromatic heterocycles. The van der Waals surface area contributed by atoms with E-state index in [4.69, 9.17) is 0 Å². The highest BCUT2D eigenvalue weighted by Crippen LogP contribution is 2.59. The minimum atomic E-state index is -3.49. The van der Waals surface area contributed by atoms with Crippen LogP contribution >= 0.6 is 7.14 Å². The van der Waals surface area contributed by atoms with E-state index < -0.39 is 7.14 Å². The average Bonchev–Trinajstić information content (AvgIpc) is 2.60. The fraction of sp³-hybridized carbons (Fsp3) is 0.320. The van der Waals surface area contributed by atoms with Crippen LogP contribution in [0.2, 0.25) is 0 Å². The third-order valence-electron chi connectivity index (χ3n) is 5.49. The summed E-state index contributed by atoms with van der Waals surface area (Å²) in [7, 11) is -3.49. The van der Waals surface area contributed by atoms with Crippen LogP contribution in [-0.4, -0.2) is 5.52 Å². The summed E-state index contributed by atoms with van der Waals surface area (Å²) < 4.78 is 14.6. The summed E-state index contributed by atoms with van der Waals surface area (Å²) >= 11 is 0. The number of carbonyl (C=O) groups excluding carboxylic acids is 1. The molecule has 2 aromatic rings. The van der Waals surface area contributed by atoms with Crippen molar-refractivity contribution >= 4 is 18.0 Å².